The predicted octanol–water partition coefficient (Wildman–Crippen LogP) is 3.25. The fourth-order valence-electron chi connectivity index (χ4n) is 2.54. The summed E-state index contributed by atoms with van der Waals surface area (Å²) >= 11 is 0. The second-order valence-corrected chi connectivity index (χ2v) is 5.31. The monoisotopic (exact) mass is 283 g/mol. The zero-order valence-electron chi connectivity index (χ0n) is 11.4. The molecule has 1 aromatic rings. The Balaban J connectivity index is 1.91. The fraction of sp³-hybridized carbons (Fsp3) is 0.533. The number of benzene rings is 1. The predicted molar refractivity (Wildman–Crippen MR) is 72.2 cm³/mol. The van der Waals surface area contributed by atoms with Crippen LogP contribution in [0.3, 0.4) is 0 Å². The highest BCUT2D eigenvalue weighted by Gasteiger charge is 2.21. The minimum Gasteiger partial charge on any atom is -0.435 e. The van der Waals surface area contributed by atoms with E-state index in [9.17, 15) is 13.6 Å². The molecule has 2 unspecified atom stereocenters. The number of hydrogen-bond acceptors (Lipinski definition) is 3. The fourth-order valence-corrected chi connectivity index (χ4v) is 2.54. The van der Waals surface area contributed by atoms with Gasteiger partial charge in [-0.1, -0.05) is 6.92 Å². The summed E-state index contributed by atoms with van der Waals surface area (Å²) in [7, 11) is 0. The molecule has 5 heteroatoms. The average Bonchev–Trinajstić information content (AvgIpc) is 2.38. The minimum absolute atomic E-state index is 0.0280. The van der Waals surface area contributed by atoms with Crippen LogP contribution in [0.25, 0.3) is 0 Å². The molecular formula is C15H19F2NO2. The van der Waals surface area contributed by atoms with E-state index in [1.807, 2.05) is 0 Å². The number of alkyl halides is 2. The van der Waals surface area contributed by atoms with Crippen LogP contribution in [0, 0.1) is 5.92 Å². The van der Waals surface area contributed by atoms with Gasteiger partial charge in [0.25, 0.3) is 0 Å². The molecule has 1 fully saturated rings. The van der Waals surface area contributed by atoms with E-state index in [1.54, 1.807) is 0 Å². The molecule has 0 saturated carbocycles. The lowest BCUT2D eigenvalue weighted by atomic mass is 9.90. The van der Waals surface area contributed by atoms with Crippen molar-refractivity contribution in [1.29, 1.82) is 0 Å². The quantitative estimate of drug-likeness (QED) is 0.843. The third-order valence-electron chi connectivity index (χ3n) is 3.59. The summed E-state index contributed by atoms with van der Waals surface area (Å²) in [4.78, 5) is 12.1. The Hall–Kier alpha value is -1.49. The van der Waals surface area contributed by atoms with Crippen molar-refractivity contribution < 1.29 is 18.3 Å². The van der Waals surface area contributed by atoms with Gasteiger partial charge in [-0.15, -0.1) is 0 Å². The molecule has 1 saturated heterocycles. The van der Waals surface area contributed by atoms with Crippen molar-refractivity contribution in [3.8, 4) is 5.75 Å². The van der Waals surface area contributed by atoms with Crippen LogP contribution in [0.4, 0.5) is 8.78 Å². The average molecular weight is 283 g/mol. The van der Waals surface area contributed by atoms with Crippen LogP contribution in [-0.2, 0) is 0 Å². The maximum absolute atomic E-state index is 12.1. The third-order valence-corrected chi connectivity index (χ3v) is 3.59. The molecule has 1 aliphatic heterocycles. The van der Waals surface area contributed by atoms with Crippen LogP contribution < -0.4 is 10.1 Å². The van der Waals surface area contributed by atoms with Crippen molar-refractivity contribution in [1.82, 2.24) is 5.32 Å². The normalized spacial score (nSPS) is 22.8. The molecule has 0 spiro atoms. The Morgan fingerprint density at radius 1 is 1.40 bits per heavy atom. The Kier molecular flexibility index (Phi) is 5.06. The van der Waals surface area contributed by atoms with E-state index in [4.69, 9.17) is 0 Å². The van der Waals surface area contributed by atoms with Crippen molar-refractivity contribution in [2.75, 3.05) is 6.54 Å². The Morgan fingerprint density at radius 3 is 2.70 bits per heavy atom. The number of carbonyl (C=O) groups is 1. The van der Waals surface area contributed by atoms with Gasteiger partial charge in [0.2, 0.25) is 0 Å². The highest BCUT2D eigenvalue weighted by Crippen LogP contribution is 2.20. The molecule has 0 bridgehead atoms. The maximum Gasteiger partial charge on any atom is 0.387 e. The smallest absolute Gasteiger partial charge is 0.387 e. The van der Waals surface area contributed by atoms with E-state index in [-0.39, 0.29) is 17.6 Å². The number of ketones is 1. The van der Waals surface area contributed by atoms with Crippen molar-refractivity contribution in [3.05, 3.63) is 29.8 Å². The molecule has 0 radical (unpaired) electrons. The molecule has 110 valence electrons. The van der Waals surface area contributed by atoms with E-state index >= 15 is 0 Å². The number of piperidine rings is 1. The van der Waals surface area contributed by atoms with Gasteiger partial charge in [-0.2, -0.15) is 8.78 Å². The number of ether oxygens (including phenoxy) is 1. The van der Waals surface area contributed by atoms with E-state index in [0.717, 1.165) is 19.4 Å². The van der Waals surface area contributed by atoms with Gasteiger partial charge in [0.1, 0.15) is 5.75 Å². The summed E-state index contributed by atoms with van der Waals surface area (Å²) in [6.45, 7) is 0.291. The minimum atomic E-state index is -2.84. The van der Waals surface area contributed by atoms with Crippen LogP contribution in [0.5, 0.6) is 5.75 Å². The molecule has 2 atom stereocenters. The lowest BCUT2D eigenvalue weighted by Crippen LogP contribution is -2.38. The molecule has 1 aliphatic rings. The number of halogens is 2. The number of carbonyl (C=O) groups excluding carboxylic acids is 1. The highest BCUT2D eigenvalue weighted by molar-refractivity contribution is 5.96. The van der Waals surface area contributed by atoms with Gasteiger partial charge in [-0.3, -0.25) is 4.79 Å². The van der Waals surface area contributed by atoms with E-state index < -0.39 is 6.61 Å². The van der Waals surface area contributed by atoms with Gasteiger partial charge in [0, 0.05) is 18.0 Å². The molecule has 1 heterocycles. The Morgan fingerprint density at radius 2 is 2.10 bits per heavy atom. The van der Waals surface area contributed by atoms with Crippen molar-refractivity contribution in [3.63, 3.8) is 0 Å². The molecule has 1 aromatic carbocycles. The summed E-state index contributed by atoms with van der Waals surface area (Å²) in [5.74, 6) is 0.733. The zero-order chi connectivity index (χ0) is 14.5. The molecule has 0 aliphatic carbocycles. The number of nitrogens with one attached hydrogen (secondary N) is 1. The zero-order valence-corrected chi connectivity index (χ0v) is 11.4. The topological polar surface area (TPSA) is 38.3 Å². The summed E-state index contributed by atoms with van der Waals surface area (Å²) in [6.07, 6.45) is 2.59. The van der Waals surface area contributed by atoms with E-state index in [1.165, 1.54) is 24.3 Å². The number of rotatable bonds is 5. The van der Waals surface area contributed by atoms with Crippen LogP contribution in [0.1, 0.15) is 36.5 Å². The van der Waals surface area contributed by atoms with Gasteiger partial charge in [0.15, 0.2) is 5.78 Å². The summed E-state index contributed by atoms with van der Waals surface area (Å²) < 4.78 is 28.3. The van der Waals surface area contributed by atoms with Crippen LogP contribution in [-0.4, -0.2) is 25.0 Å². The van der Waals surface area contributed by atoms with Gasteiger partial charge < -0.3 is 10.1 Å². The van der Waals surface area contributed by atoms with Crippen LogP contribution >= 0.6 is 0 Å². The Labute approximate surface area is 117 Å². The molecule has 20 heavy (non-hydrogen) atoms. The third kappa shape index (κ3) is 4.27. The number of hydrogen-bond donors (Lipinski definition) is 1. The standard InChI is InChI=1S/C15H19F2NO2/c1-10-6-7-18-12(8-10)9-14(19)11-2-4-13(5-3-11)20-15(16)17/h2-5,10,12,15,18H,6-9H2,1H3. The largest absolute Gasteiger partial charge is 0.435 e. The van der Waals surface area contributed by atoms with Crippen LogP contribution in [0.2, 0.25) is 0 Å². The lowest BCUT2D eigenvalue weighted by Gasteiger charge is -2.27. The van der Waals surface area contributed by atoms with E-state index in [0.29, 0.717) is 17.9 Å². The SMILES string of the molecule is CC1CCNC(CC(=O)c2ccc(OC(F)F)cc2)C1. The summed E-state index contributed by atoms with van der Waals surface area (Å²) in [5.41, 5.74) is 0.534. The second-order valence-electron chi connectivity index (χ2n) is 5.31. The summed E-state index contributed by atoms with van der Waals surface area (Å²) in [6, 6.07) is 6.08. The van der Waals surface area contributed by atoms with E-state index in [2.05, 4.69) is 17.0 Å². The molecule has 0 aromatic heterocycles. The first-order valence-corrected chi connectivity index (χ1v) is 6.86. The molecule has 0 amide bonds. The number of Topliss-reactive ketones (excluding diaryl/α,β-unsaturated/α-hetero) is 1. The van der Waals surface area contributed by atoms with Crippen LogP contribution in [0.15, 0.2) is 24.3 Å². The molecule has 2 rings (SSSR count). The molecule has 1 N–H and O–H groups in total. The Bertz CT molecular complexity index is 448. The van der Waals surface area contributed by atoms with Crippen molar-refractivity contribution >= 4 is 5.78 Å². The molecule has 3 nitrogen and oxygen atoms in total. The first-order chi connectivity index (χ1) is 9.54. The van der Waals surface area contributed by atoms with Gasteiger partial charge in [-0.25, -0.2) is 0 Å². The van der Waals surface area contributed by atoms with Crippen molar-refractivity contribution in [2.45, 2.75) is 38.8 Å². The first kappa shape index (κ1) is 14.9. The maximum atomic E-state index is 12.1. The van der Waals surface area contributed by atoms with Gasteiger partial charge >= 0.3 is 6.61 Å². The highest BCUT2D eigenvalue weighted by atomic mass is 19.3. The second kappa shape index (κ2) is 6.79. The van der Waals surface area contributed by atoms with Gasteiger partial charge in [-0.05, 0) is 49.6 Å². The summed E-state index contributed by atoms with van der Waals surface area (Å²) in [5, 5.41) is 3.34. The van der Waals surface area contributed by atoms with Crippen molar-refractivity contribution in [2.24, 2.45) is 5.92 Å². The first-order valence-electron chi connectivity index (χ1n) is 6.86. The lowest BCUT2D eigenvalue weighted by molar-refractivity contribution is -0.0498. The molecular weight excluding hydrogens is 264 g/mol. The van der Waals surface area contributed by atoms with Gasteiger partial charge in [0.05, 0.1) is 0 Å².